The van der Waals surface area contributed by atoms with Gasteiger partial charge in [-0.2, -0.15) is 5.26 Å². The fourth-order valence-corrected chi connectivity index (χ4v) is 2.20. The third kappa shape index (κ3) is 2.63. The predicted octanol–water partition coefficient (Wildman–Crippen LogP) is 4.42. The molecule has 5 heteroatoms. The highest BCUT2D eigenvalue weighted by Crippen LogP contribution is 2.31. The van der Waals surface area contributed by atoms with Crippen LogP contribution >= 0.6 is 27.5 Å². The van der Waals surface area contributed by atoms with Crippen LogP contribution in [0.5, 0.6) is 0 Å². The average molecular weight is 323 g/mol. The summed E-state index contributed by atoms with van der Waals surface area (Å²) in [5, 5.41) is 12.8. The summed E-state index contributed by atoms with van der Waals surface area (Å²) in [6, 6.07) is 9.35. The predicted molar refractivity (Wildman–Crippen MR) is 76.1 cm³/mol. The van der Waals surface area contributed by atoms with E-state index in [-0.39, 0.29) is 0 Å². The minimum atomic E-state index is 0.348. The largest absolute Gasteiger partial charge is 0.352 e. The van der Waals surface area contributed by atoms with E-state index >= 15 is 0 Å². The van der Waals surface area contributed by atoms with Crippen molar-refractivity contribution in [2.24, 2.45) is 0 Å². The van der Waals surface area contributed by atoms with Crippen molar-refractivity contribution >= 4 is 38.9 Å². The molecule has 1 aromatic heterocycles. The Morgan fingerprint density at radius 1 is 1.39 bits per heavy atom. The molecule has 1 N–H and O–H groups in total. The molecule has 1 heterocycles. The Bertz CT molecular complexity index is 635. The molecule has 0 fully saturated rings. The number of hydrogen-bond acceptors (Lipinski definition) is 3. The summed E-state index contributed by atoms with van der Waals surface area (Å²) >= 11 is 9.55. The van der Waals surface area contributed by atoms with Gasteiger partial charge in [0.2, 0.25) is 0 Å². The topological polar surface area (TPSA) is 48.7 Å². The molecule has 0 aliphatic carbocycles. The fourth-order valence-electron chi connectivity index (χ4n) is 1.48. The molecule has 90 valence electrons. The maximum atomic E-state index is 8.97. The van der Waals surface area contributed by atoms with E-state index < -0.39 is 0 Å². The number of nitrogens with zero attached hydrogens (tertiary/aromatic N) is 2. The summed E-state index contributed by atoms with van der Waals surface area (Å²) in [4.78, 5) is 3.99. The van der Waals surface area contributed by atoms with E-state index in [1.165, 1.54) is 0 Å². The highest BCUT2D eigenvalue weighted by atomic mass is 79.9. The van der Waals surface area contributed by atoms with Crippen LogP contribution in [0.4, 0.5) is 11.4 Å². The Balaban J connectivity index is 2.41. The zero-order valence-electron chi connectivity index (χ0n) is 9.54. The third-order valence-electron chi connectivity index (χ3n) is 2.43. The second kappa shape index (κ2) is 5.38. The van der Waals surface area contributed by atoms with Crippen molar-refractivity contribution in [1.29, 1.82) is 5.26 Å². The Labute approximate surface area is 119 Å². The highest BCUT2D eigenvalue weighted by molar-refractivity contribution is 9.10. The normalized spacial score (nSPS) is 9.89. The zero-order valence-corrected chi connectivity index (χ0v) is 11.9. The van der Waals surface area contributed by atoms with Gasteiger partial charge in [0.25, 0.3) is 0 Å². The van der Waals surface area contributed by atoms with Crippen molar-refractivity contribution in [1.82, 2.24) is 4.98 Å². The van der Waals surface area contributed by atoms with E-state index in [9.17, 15) is 0 Å². The molecule has 0 aliphatic heterocycles. The SMILES string of the molecule is Cc1cc(Br)c(Nc2cccnc2C#N)cc1Cl. The molecule has 18 heavy (non-hydrogen) atoms. The summed E-state index contributed by atoms with van der Waals surface area (Å²) < 4.78 is 0.886. The molecular weight excluding hydrogens is 314 g/mol. The Morgan fingerprint density at radius 3 is 2.89 bits per heavy atom. The van der Waals surface area contributed by atoms with E-state index in [4.69, 9.17) is 16.9 Å². The van der Waals surface area contributed by atoms with Gasteiger partial charge in [-0.15, -0.1) is 0 Å². The fraction of sp³-hybridized carbons (Fsp3) is 0.0769. The number of aryl methyl sites for hydroxylation is 1. The first-order valence-corrected chi connectivity index (χ1v) is 6.36. The van der Waals surface area contributed by atoms with Crippen molar-refractivity contribution in [3.05, 3.63) is 51.2 Å². The third-order valence-corrected chi connectivity index (χ3v) is 3.49. The van der Waals surface area contributed by atoms with Crippen LogP contribution in [-0.4, -0.2) is 4.98 Å². The lowest BCUT2D eigenvalue weighted by molar-refractivity contribution is 1.26. The molecule has 0 amide bonds. The second-order valence-corrected chi connectivity index (χ2v) is 4.98. The van der Waals surface area contributed by atoms with E-state index in [1.807, 2.05) is 25.1 Å². The quantitative estimate of drug-likeness (QED) is 0.890. The number of aromatic nitrogens is 1. The first kappa shape index (κ1) is 12.9. The summed E-state index contributed by atoms with van der Waals surface area (Å²) in [5.41, 5.74) is 2.79. The molecule has 3 nitrogen and oxygen atoms in total. The Morgan fingerprint density at radius 2 is 2.17 bits per heavy atom. The number of rotatable bonds is 2. The van der Waals surface area contributed by atoms with Crippen LogP contribution in [0.1, 0.15) is 11.3 Å². The number of hydrogen-bond donors (Lipinski definition) is 1. The summed E-state index contributed by atoms with van der Waals surface area (Å²) in [6.45, 7) is 1.93. The number of anilines is 2. The summed E-state index contributed by atoms with van der Waals surface area (Å²) in [7, 11) is 0. The molecule has 0 spiro atoms. The standard InChI is InChI=1S/C13H9BrClN3/c1-8-5-9(14)12(6-10(8)15)18-11-3-2-4-17-13(11)7-16/h2-6,18H,1H3. The maximum Gasteiger partial charge on any atom is 0.163 e. The lowest BCUT2D eigenvalue weighted by Crippen LogP contribution is -1.96. The molecule has 0 aliphatic rings. The van der Waals surface area contributed by atoms with E-state index in [2.05, 4.69) is 26.2 Å². The smallest absolute Gasteiger partial charge is 0.163 e. The van der Waals surface area contributed by atoms with E-state index in [0.29, 0.717) is 16.4 Å². The van der Waals surface area contributed by atoms with Gasteiger partial charge in [0, 0.05) is 15.7 Å². The van der Waals surface area contributed by atoms with Gasteiger partial charge < -0.3 is 5.32 Å². The minimum absolute atomic E-state index is 0.348. The lowest BCUT2D eigenvalue weighted by atomic mass is 10.2. The van der Waals surface area contributed by atoms with Crippen LogP contribution < -0.4 is 5.32 Å². The monoisotopic (exact) mass is 321 g/mol. The molecule has 2 aromatic rings. The number of nitrogens with one attached hydrogen (secondary N) is 1. The van der Waals surface area contributed by atoms with E-state index in [1.54, 1.807) is 18.3 Å². The van der Waals surface area contributed by atoms with Crippen molar-refractivity contribution in [2.75, 3.05) is 5.32 Å². The number of benzene rings is 1. The second-order valence-electron chi connectivity index (χ2n) is 3.72. The molecule has 2 rings (SSSR count). The Hall–Kier alpha value is -1.57. The van der Waals surface area contributed by atoms with E-state index in [0.717, 1.165) is 15.7 Å². The molecule has 0 saturated carbocycles. The molecule has 0 unspecified atom stereocenters. The van der Waals surface area contributed by atoms with Gasteiger partial charge in [0.1, 0.15) is 6.07 Å². The minimum Gasteiger partial charge on any atom is -0.352 e. The molecule has 0 bridgehead atoms. The number of halogens is 2. The molecular formula is C13H9BrClN3. The van der Waals surface area contributed by atoms with Crippen molar-refractivity contribution in [3.8, 4) is 6.07 Å². The highest BCUT2D eigenvalue weighted by Gasteiger charge is 2.07. The van der Waals surface area contributed by atoms with Crippen LogP contribution in [0.15, 0.2) is 34.9 Å². The number of nitriles is 1. The van der Waals surface area contributed by atoms with Gasteiger partial charge in [-0.1, -0.05) is 11.6 Å². The van der Waals surface area contributed by atoms with Crippen LogP contribution in [0, 0.1) is 18.3 Å². The van der Waals surface area contributed by atoms with Gasteiger partial charge in [0.15, 0.2) is 5.69 Å². The summed E-state index contributed by atoms with van der Waals surface area (Å²) in [5.74, 6) is 0. The maximum absolute atomic E-state index is 8.97. The van der Waals surface area contributed by atoms with Gasteiger partial charge >= 0.3 is 0 Å². The average Bonchev–Trinajstić information content (AvgIpc) is 2.36. The first-order chi connectivity index (χ1) is 8.61. The van der Waals surface area contributed by atoms with Crippen LogP contribution in [0.2, 0.25) is 5.02 Å². The van der Waals surface area contributed by atoms with Gasteiger partial charge in [-0.05, 0) is 52.7 Å². The van der Waals surface area contributed by atoms with Gasteiger partial charge in [-0.3, -0.25) is 0 Å². The van der Waals surface area contributed by atoms with Gasteiger partial charge in [-0.25, -0.2) is 4.98 Å². The summed E-state index contributed by atoms with van der Waals surface area (Å²) in [6.07, 6.45) is 1.58. The van der Waals surface area contributed by atoms with Gasteiger partial charge in [0.05, 0.1) is 11.4 Å². The van der Waals surface area contributed by atoms with Crippen molar-refractivity contribution < 1.29 is 0 Å². The van der Waals surface area contributed by atoms with Crippen LogP contribution in [0.3, 0.4) is 0 Å². The zero-order chi connectivity index (χ0) is 13.1. The molecule has 0 saturated heterocycles. The van der Waals surface area contributed by atoms with Crippen LogP contribution in [0.25, 0.3) is 0 Å². The molecule has 0 radical (unpaired) electrons. The lowest BCUT2D eigenvalue weighted by Gasteiger charge is -2.11. The van der Waals surface area contributed by atoms with Crippen molar-refractivity contribution in [3.63, 3.8) is 0 Å². The number of pyridine rings is 1. The van der Waals surface area contributed by atoms with Crippen molar-refractivity contribution in [2.45, 2.75) is 6.92 Å². The Kier molecular flexibility index (Phi) is 3.85. The first-order valence-electron chi connectivity index (χ1n) is 5.19. The van der Waals surface area contributed by atoms with Crippen LogP contribution in [-0.2, 0) is 0 Å². The molecule has 1 aromatic carbocycles. The molecule has 0 atom stereocenters.